The van der Waals surface area contributed by atoms with Crippen LogP contribution in [0.4, 0.5) is 0 Å². The van der Waals surface area contributed by atoms with Crippen LogP contribution in [0.3, 0.4) is 0 Å². The Balaban J connectivity index is 2.00. The zero-order chi connectivity index (χ0) is 18.2. The second-order valence-corrected chi connectivity index (χ2v) is 5.73. The summed E-state index contributed by atoms with van der Waals surface area (Å²) in [6.07, 6.45) is 2.45. The Kier molecular flexibility index (Phi) is 6.77. The molecule has 2 rings (SSSR count). The van der Waals surface area contributed by atoms with Gasteiger partial charge in [0.2, 0.25) is 0 Å². The second-order valence-electron chi connectivity index (χ2n) is 5.43. The van der Waals surface area contributed by atoms with E-state index in [0.29, 0.717) is 23.5 Å². The van der Waals surface area contributed by atoms with Gasteiger partial charge in [0.15, 0.2) is 12.3 Å². The molecule has 0 unspecified atom stereocenters. The molecule has 0 aliphatic rings. The van der Waals surface area contributed by atoms with Crippen molar-refractivity contribution in [3.05, 3.63) is 59.4 Å². The third kappa shape index (κ3) is 5.19. The zero-order valence-electron chi connectivity index (χ0n) is 14.2. The number of aromatic hydroxyl groups is 1. The minimum Gasteiger partial charge on any atom is -0.505 e. The highest BCUT2D eigenvalue weighted by Crippen LogP contribution is 2.15. The molecule has 6 nitrogen and oxygen atoms in total. The molecular formula is C18H21ClN3O3+. The first-order valence-corrected chi connectivity index (χ1v) is 8.30. The molecule has 25 heavy (non-hydrogen) atoms. The zero-order valence-corrected chi connectivity index (χ0v) is 15.0. The van der Waals surface area contributed by atoms with Crippen molar-refractivity contribution in [3.63, 3.8) is 0 Å². The maximum absolute atomic E-state index is 11.9. The summed E-state index contributed by atoms with van der Waals surface area (Å²) in [6.45, 7) is 4.56. The molecule has 1 aromatic carbocycles. The molecule has 0 saturated heterocycles. The fraction of sp³-hybridized carbons (Fsp3) is 0.278. The maximum atomic E-state index is 11.9. The highest BCUT2D eigenvalue weighted by Gasteiger charge is 2.19. The number of hydrogen-bond acceptors (Lipinski definition) is 4. The summed E-state index contributed by atoms with van der Waals surface area (Å²) in [5.41, 5.74) is 2.27. The molecule has 0 atom stereocenters. The van der Waals surface area contributed by atoms with Gasteiger partial charge >= 0.3 is 11.8 Å². The maximum Gasteiger partial charge on any atom is 0.319 e. The van der Waals surface area contributed by atoms with Gasteiger partial charge in [-0.2, -0.15) is 0 Å². The lowest BCUT2D eigenvalue weighted by atomic mass is 10.1. The molecule has 0 spiro atoms. The van der Waals surface area contributed by atoms with Gasteiger partial charge < -0.3 is 10.4 Å². The number of aromatic nitrogens is 1. The van der Waals surface area contributed by atoms with Crippen LogP contribution in [0.1, 0.15) is 41.9 Å². The number of benzene rings is 1. The minimum absolute atomic E-state index is 0.0247. The molecule has 2 aromatic rings. The fourth-order valence-electron chi connectivity index (χ4n) is 2.08. The Morgan fingerprint density at radius 3 is 2.68 bits per heavy atom. The molecule has 2 N–H and O–H groups in total. The van der Waals surface area contributed by atoms with Gasteiger partial charge in [-0.05, 0) is 36.2 Å². The largest absolute Gasteiger partial charge is 0.505 e. The Morgan fingerprint density at radius 2 is 2.04 bits per heavy atom. The molecule has 0 aliphatic heterocycles. The van der Waals surface area contributed by atoms with Crippen LogP contribution in [0.5, 0.6) is 5.75 Å². The number of nitrogens with one attached hydrogen (secondary N) is 1. The predicted octanol–water partition coefficient (Wildman–Crippen LogP) is 3.03. The van der Waals surface area contributed by atoms with Crippen molar-refractivity contribution in [2.75, 3.05) is 6.54 Å². The normalized spacial score (nSPS) is 11.6. The number of halogens is 1. The predicted molar refractivity (Wildman–Crippen MR) is 95.7 cm³/mol. The van der Waals surface area contributed by atoms with Crippen molar-refractivity contribution in [2.24, 2.45) is 0 Å². The van der Waals surface area contributed by atoms with Crippen molar-refractivity contribution in [1.29, 1.82) is 0 Å². The van der Waals surface area contributed by atoms with E-state index in [1.165, 1.54) is 6.07 Å². The molecule has 0 aliphatic carbocycles. The summed E-state index contributed by atoms with van der Waals surface area (Å²) in [5, 5.41) is 12.6. The molecule has 0 saturated carbocycles. The molecule has 7 heteroatoms. The van der Waals surface area contributed by atoms with Crippen molar-refractivity contribution in [3.8, 4) is 5.75 Å². The standard InChI is InChI=1S/C18H20ClN3O3/c1-3-10-21-18(24)15-8-6-14(7-9-15)12-25-22(19)13(2)17-16(23)5-4-11-20-17/h4-9,11H,3,10,12H2,1-2H3,(H,21,24)/p+1. The number of carbonyl (C=O) groups is 1. The van der Waals surface area contributed by atoms with Crippen LogP contribution in [0.25, 0.3) is 0 Å². The molecule has 0 fully saturated rings. The summed E-state index contributed by atoms with van der Waals surface area (Å²) >= 11 is 6.09. The SMILES string of the molecule is CCCNC(=O)c1ccc(CO[N+](Cl)=C(C)c2ncccc2O)cc1. The molecule has 132 valence electrons. The minimum atomic E-state index is -0.0944. The smallest absolute Gasteiger partial charge is 0.319 e. The summed E-state index contributed by atoms with van der Waals surface area (Å²) in [5.74, 6) is -0.0696. The van der Waals surface area contributed by atoms with Gasteiger partial charge in [0.1, 0.15) is 5.75 Å². The molecule has 1 heterocycles. The van der Waals surface area contributed by atoms with E-state index in [1.54, 1.807) is 43.5 Å². The first kappa shape index (κ1) is 18.7. The van der Waals surface area contributed by atoms with Gasteiger partial charge in [0.05, 0.1) is 4.26 Å². The van der Waals surface area contributed by atoms with Gasteiger partial charge in [0, 0.05) is 25.2 Å². The highest BCUT2D eigenvalue weighted by atomic mass is 35.5. The second kappa shape index (κ2) is 9.03. The number of pyridine rings is 1. The Bertz CT molecular complexity index is 760. The summed E-state index contributed by atoms with van der Waals surface area (Å²) in [6, 6.07) is 10.2. The highest BCUT2D eigenvalue weighted by molar-refractivity contribution is 6.10. The molecular weight excluding hydrogens is 342 g/mol. The van der Waals surface area contributed by atoms with Crippen LogP contribution in [0, 0.1) is 0 Å². The van der Waals surface area contributed by atoms with Crippen LogP contribution in [-0.4, -0.2) is 32.5 Å². The van der Waals surface area contributed by atoms with E-state index in [-0.39, 0.29) is 18.3 Å². The van der Waals surface area contributed by atoms with Crippen molar-refractivity contribution in [1.82, 2.24) is 10.3 Å². The Labute approximate surface area is 151 Å². The van der Waals surface area contributed by atoms with Crippen molar-refractivity contribution in [2.45, 2.75) is 26.9 Å². The number of nitrogens with zero attached hydrogens (tertiary/aromatic N) is 2. The lowest BCUT2D eigenvalue weighted by molar-refractivity contribution is -0.688. The van der Waals surface area contributed by atoms with Crippen LogP contribution >= 0.6 is 11.8 Å². The average Bonchev–Trinajstić information content (AvgIpc) is 2.64. The van der Waals surface area contributed by atoms with E-state index in [0.717, 1.165) is 16.2 Å². The average molecular weight is 363 g/mol. The Morgan fingerprint density at radius 1 is 1.32 bits per heavy atom. The van der Waals surface area contributed by atoms with E-state index in [4.69, 9.17) is 16.6 Å². The Hall–Kier alpha value is -2.60. The summed E-state index contributed by atoms with van der Waals surface area (Å²) in [7, 11) is 0. The molecule has 1 aromatic heterocycles. The van der Waals surface area contributed by atoms with Gasteiger partial charge in [0.25, 0.3) is 11.6 Å². The van der Waals surface area contributed by atoms with E-state index < -0.39 is 0 Å². The number of rotatable bonds is 7. The van der Waals surface area contributed by atoms with Crippen molar-refractivity contribution < 1.29 is 19.0 Å². The van der Waals surface area contributed by atoms with Crippen LogP contribution in [0.15, 0.2) is 42.6 Å². The van der Waals surface area contributed by atoms with E-state index in [9.17, 15) is 9.90 Å². The van der Waals surface area contributed by atoms with Crippen molar-refractivity contribution >= 4 is 23.4 Å². The number of carbonyl (C=O) groups excluding carboxylic acids is 1. The summed E-state index contributed by atoms with van der Waals surface area (Å²) in [4.78, 5) is 21.4. The number of hydrogen-bond donors (Lipinski definition) is 2. The van der Waals surface area contributed by atoms with Gasteiger partial charge in [-0.3, -0.25) is 9.63 Å². The lowest BCUT2D eigenvalue weighted by Gasteiger charge is -2.04. The third-order valence-electron chi connectivity index (χ3n) is 3.49. The molecule has 1 amide bonds. The summed E-state index contributed by atoms with van der Waals surface area (Å²) < 4.78 is 1.05. The van der Waals surface area contributed by atoms with Crippen LogP contribution in [-0.2, 0) is 11.4 Å². The van der Waals surface area contributed by atoms with Crippen LogP contribution < -0.4 is 5.32 Å². The topological polar surface area (TPSA) is 74.5 Å². The van der Waals surface area contributed by atoms with Gasteiger partial charge in [-0.25, -0.2) is 4.98 Å². The van der Waals surface area contributed by atoms with E-state index in [1.807, 2.05) is 6.92 Å². The fourth-order valence-corrected chi connectivity index (χ4v) is 2.21. The van der Waals surface area contributed by atoms with E-state index >= 15 is 0 Å². The first-order valence-electron chi connectivity index (χ1n) is 7.96. The van der Waals surface area contributed by atoms with Crippen LogP contribution in [0.2, 0.25) is 0 Å². The molecule has 0 radical (unpaired) electrons. The monoisotopic (exact) mass is 362 g/mol. The van der Waals surface area contributed by atoms with Gasteiger partial charge in [-0.15, -0.1) is 0 Å². The third-order valence-corrected chi connectivity index (χ3v) is 3.84. The van der Waals surface area contributed by atoms with E-state index in [2.05, 4.69) is 10.3 Å². The first-order chi connectivity index (χ1) is 12.0. The molecule has 0 bridgehead atoms. The quantitative estimate of drug-likeness (QED) is 0.451. The van der Waals surface area contributed by atoms with Gasteiger partial charge in [-0.1, -0.05) is 19.1 Å². The number of amides is 1. The lowest BCUT2D eigenvalue weighted by Crippen LogP contribution is -2.23.